The maximum Gasteiger partial charge on any atom is 0.407 e. The van der Waals surface area contributed by atoms with Gasteiger partial charge in [-0.25, -0.2) is 4.79 Å². The van der Waals surface area contributed by atoms with Gasteiger partial charge >= 0.3 is 6.09 Å². The van der Waals surface area contributed by atoms with Gasteiger partial charge in [-0.2, -0.15) is 0 Å². The smallest absolute Gasteiger partial charge is 0.407 e. The molecule has 0 aromatic carbocycles. The third-order valence-corrected chi connectivity index (χ3v) is 8.33. The lowest BCUT2D eigenvalue weighted by atomic mass is 9.98. The molecule has 0 unspecified atom stereocenters. The molecule has 0 bridgehead atoms. The van der Waals surface area contributed by atoms with E-state index < -0.39 is 12.1 Å². The van der Waals surface area contributed by atoms with E-state index >= 15 is 0 Å². The molecular weight excluding hydrogens is 496 g/mol. The van der Waals surface area contributed by atoms with Gasteiger partial charge < -0.3 is 15.4 Å². The van der Waals surface area contributed by atoms with Crippen LogP contribution in [0.2, 0.25) is 0 Å². The largest absolute Gasteiger partial charge is 0.450 e. The highest BCUT2D eigenvalue weighted by molar-refractivity contribution is 5.85. The molecule has 0 aromatic rings. The number of carbonyl (C=O) groups excluding carboxylic acids is 2. The third kappa shape index (κ3) is 25.7. The van der Waals surface area contributed by atoms with E-state index in [1.165, 1.54) is 128 Å². The fourth-order valence-corrected chi connectivity index (χ4v) is 5.27. The number of amides is 2. The number of hydrogen-bond acceptors (Lipinski definition) is 3. The van der Waals surface area contributed by atoms with E-state index in [2.05, 4.69) is 24.5 Å². The quantitative estimate of drug-likeness (QED) is 0.0850. The van der Waals surface area contributed by atoms with Gasteiger partial charge in [-0.1, -0.05) is 175 Å². The standard InChI is InChI=1S/C35H70N2O3/c1-5-8-10-12-14-16-17-18-19-20-21-22-23-24-26-28-30-36-34(38)33(32(4)7-3)37-35(39)40-31-29-27-25-15-13-11-9-6-2/h32-33H,5-31H2,1-4H3,(H,36,38)(H,37,39)/t32-,33-/m0/s1. The second-order valence-electron chi connectivity index (χ2n) is 12.2. The fraction of sp³-hybridized carbons (Fsp3) is 0.943. The number of carbonyl (C=O) groups is 2. The first-order valence-corrected chi connectivity index (χ1v) is 17.8. The molecule has 0 aromatic heterocycles. The normalized spacial score (nSPS) is 12.7. The van der Waals surface area contributed by atoms with Crippen LogP contribution in [0.4, 0.5) is 4.79 Å². The van der Waals surface area contributed by atoms with Crippen LogP contribution < -0.4 is 10.6 Å². The van der Waals surface area contributed by atoms with Crippen molar-refractivity contribution in [2.24, 2.45) is 5.92 Å². The number of ether oxygens (including phenoxy) is 1. The van der Waals surface area contributed by atoms with Crippen LogP contribution in [0.5, 0.6) is 0 Å². The predicted octanol–water partition coefficient (Wildman–Crippen LogP) is 10.6. The Labute approximate surface area is 250 Å². The Morgan fingerprint density at radius 3 is 1.32 bits per heavy atom. The molecule has 5 nitrogen and oxygen atoms in total. The molecule has 0 aliphatic rings. The van der Waals surface area contributed by atoms with Gasteiger partial charge in [0.05, 0.1) is 6.61 Å². The van der Waals surface area contributed by atoms with Gasteiger partial charge in [0.25, 0.3) is 0 Å². The first-order valence-electron chi connectivity index (χ1n) is 17.8. The second-order valence-corrected chi connectivity index (χ2v) is 12.2. The van der Waals surface area contributed by atoms with Gasteiger partial charge in [0.15, 0.2) is 0 Å². The van der Waals surface area contributed by atoms with Crippen LogP contribution in [-0.2, 0) is 9.53 Å². The molecule has 0 aliphatic carbocycles. The Kier molecular flexibility index (Phi) is 29.7. The van der Waals surface area contributed by atoms with Gasteiger partial charge in [0, 0.05) is 6.54 Å². The van der Waals surface area contributed by atoms with Crippen LogP contribution in [0.1, 0.15) is 188 Å². The molecular formula is C35H70N2O3. The van der Waals surface area contributed by atoms with Crippen LogP contribution in [0, 0.1) is 5.92 Å². The molecule has 0 saturated carbocycles. The summed E-state index contributed by atoms with van der Waals surface area (Å²) in [7, 11) is 0. The molecule has 5 heteroatoms. The van der Waals surface area contributed by atoms with Crippen molar-refractivity contribution in [2.45, 2.75) is 194 Å². The Morgan fingerprint density at radius 2 is 0.925 bits per heavy atom. The average Bonchev–Trinajstić information content (AvgIpc) is 2.96. The molecule has 0 rings (SSSR count). The highest BCUT2D eigenvalue weighted by atomic mass is 16.5. The molecule has 238 valence electrons. The third-order valence-electron chi connectivity index (χ3n) is 8.33. The van der Waals surface area contributed by atoms with Crippen molar-refractivity contribution in [3.8, 4) is 0 Å². The van der Waals surface area contributed by atoms with Gasteiger partial charge in [-0.05, 0) is 18.8 Å². The van der Waals surface area contributed by atoms with Crippen molar-refractivity contribution < 1.29 is 14.3 Å². The summed E-state index contributed by atoms with van der Waals surface area (Å²) in [5, 5.41) is 5.87. The molecule has 0 saturated heterocycles. The molecule has 2 amide bonds. The first kappa shape index (κ1) is 38.7. The van der Waals surface area contributed by atoms with E-state index in [1.54, 1.807) is 0 Å². The Morgan fingerprint density at radius 1 is 0.550 bits per heavy atom. The van der Waals surface area contributed by atoms with E-state index in [1.807, 2.05) is 13.8 Å². The highest BCUT2D eigenvalue weighted by Crippen LogP contribution is 2.14. The van der Waals surface area contributed by atoms with Crippen molar-refractivity contribution in [1.29, 1.82) is 0 Å². The summed E-state index contributed by atoms with van der Waals surface area (Å²) in [4.78, 5) is 25.1. The van der Waals surface area contributed by atoms with Crippen LogP contribution in [-0.4, -0.2) is 31.2 Å². The summed E-state index contributed by atoms with van der Waals surface area (Å²) < 4.78 is 5.37. The van der Waals surface area contributed by atoms with Crippen LogP contribution in [0.15, 0.2) is 0 Å². The fourth-order valence-electron chi connectivity index (χ4n) is 5.27. The van der Waals surface area contributed by atoms with E-state index in [0.29, 0.717) is 13.2 Å². The lowest BCUT2D eigenvalue weighted by molar-refractivity contribution is -0.124. The average molecular weight is 567 g/mol. The summed E-state index contributed by atoms with van der Waals surface area (Å²) in [6, 6.07) is -0.530. The first-order chi connectivity index (χ1) is 19.6. The van der Waals surface area contributed by atoms with Gasteiger partial charge in [-0.3, -0.25) is 4.79 Å². The molecule has 0 radical (unpaired) electrons. The van der Waals surface area contributed by atoms with Crippen LogP contribution >= 0.6 is 0 Å². The van der Waals surface area contributed by atoms with Crippen molar-refractivity contribution in [3.63, 3.8) is 0 Å². The highest BCUT2D eigenvalue weighted by Gasteiger charge is 2.26. The number of nitrogens with one attached hydrogen (secondary N) is 2. The second kappa shape index (κ2) is 30.7. The maximum absolute atomic E-state index is 12.8. The topological polar surface area (TPSA) is 67.4 Å². The van der Waals surface area contributed by atoms with Crippen molar-refractivity contribution in [1.82, 2.24) is 10.6 Å². The molecule has 0 aliphatic heterocycles. The van der Waals surface area contributed by atoms with Crippen LogP contribution in [0.3, 0.4) is 0 Å². The molecule has 0 heterocycles. The zero-order valence-corrected chi connectivity index (χ0v) is 27.5. The minimum Gasteiger partial charge on any atom is -0.450 e. The SMILES string of the molecule is CCCCCCCCCCCCCCCCCCNC(=O)[C@@H](NC(=O)OCCCCCCCCCC)[C@@H](C)CC. The molecule has 2 N–H and O–H groups in total. The van der Waals surface area contributed by atoms with Gasteiger partial charge in [0.1, 0.15) is 6.04 Å². The van der Waals surface area contributed by atoms with E-state index in [-0.39, 0.29) is 11.8 Å². The lowest BCUT2D eigenvalue weighted by Crippen LogP contribution is -2.50. The maximum atomic E-state index is 12.8. The lowest BCUT2D eigenvalue weighted by Gasteiger charge is -2.23. The Hall–Kier alpha value is -1.26. The zero-order valence-electron chi connectivity index (χ0n) is 27.5. The summed E-state index contributed by atoms with van der Waals surface area (Å²) in [5.74, 6) is -0.0131. The molecule has 0 fully saturated rings. The van der Waals surface area contributed by atoms with Crippen molar-refractivity contribution >= 4 is 12.0 Å². The van der Waals surface area contributed by atoms with Crippen molar-refractivity contribution in [2.75, 3.05) is 13.2 Å². The summed E-state index contributed by atoms with van der Waals surface area (Å²) in [5.41, 5.74) is 0. The Bertz CT molecular complexity index is 555. The predicted molar refractivity (Wildman–Crippen MR) is 173 cm³/mol. The van der Waals surface area contributed by atoms with Gasteiger partial charge in [0.2, 0.25) is 5.91 Å². The molecule has 40 heavy (non-hydrogen) atoms. The summed E-state index contributed by atoms with van der Waals surface area (Å²) >= 11 is 0. The number of rotatable bonds is 30. The van der Waals surface area contributed by atoms with Crippen molar-refractivity contribution in [3.05, 3.63) is 0 Å². The number of alkyl carbamates (subject to hydrolysis) is 1. The Balaban J connectivity index is 3.76. The van der Waals surface area contributed by atoms with E-state index in [4.69, 9.17) is 4.74 Å². The summed E-state index contributed by atoms with van der Waals surface area (Å²) in [6.45, 7) is 9.68. The minimum atomic E-state index is -0.530. The van der Waals surface area contributed by atoms with E-state index in [9.17, 15) is 9.59 Å². The number of hydrogen-bond donors (Lipinski definition) is 2. The summed E-state index contributed by atoms with van der Waals surface area (Å²) in [6.07, 6.45) is 31.5. The van der Waals surface area contributed by atoms with E-state index in [0.717, 1.165) is 32.1 Å². The number of unbranched alkanes of at least 4 members (excludes halogenated alkanes) is 22. The zero-order chi connectivity index (χ0) is 29.5. The van der Waals surface area contributed by atoms with Gasteiger partial charge in [-0.15, -0.1) is 0 Å². The minimum absolute atomic E-state index is 0.0708. The molecule has 2 atom stereocenters. The van der Waals surface area contributed by atoms with Crippen LogP contribution in [0.25, 0.3) is 0 Å². The monoisotopic (exact) mass is 567 g/mol. The molecule has 0 spiro atoms.